The van der Waals surface area contributed by atoms with E-state index < -0.39 is 4.92 Å². The molecule has 1 aromatic heterocycles. The van der Waals surface area contributed by atoms with Gasteiger partial charge in [0.2, 0.25) is 0 Å². The van der Waals surface area contributed by atoms with Crippen molar-refractivity contribution < 1.29 is 4.92 Å². The van der Waals surface area contributed by atoms with Crippen LogP contribution in [0, 0.1) is 10.1 Å². The quantitative estimate of drug-likeness (QED) is 0.507. The van der Waals surface area contributed by atoms with Crippen LogP contribution in [0.2, 0.25) is 5.02 Å². The van der Waals surface area contributed by atoms with Crippen LogP contribution in [0.4, 0.5) is 5.69 Å². The van der Waals surface area contributed by atoms with E-state index in [4.69, 9.17) is 11.6 Å². The molecule has 0 fully saturated rings. The fourth-order valence-electron chi connectivity index (χ4n) is 2.13. The summed E-state index contributed by atoms with van der Waals surface area (Å²) in [6, 6.07) is 16.4. The Balaban J connectivity index is 1.92. The summed E-state index contributed by atoms with van der Waals surface area (Å²) in [6.45, 7) is 0. The lowest BCUT2D eigenvalue weighted by atomic mass is 10.1. The Morgan fingerprint density at radius 2 is 1.86 bits per heavy atom. The summed E-state index contributed by atoms with van der Waals surface area (Å²) in [5.41, 5.74) is 2.30. The van der Waals surface area contributed by atoms with Gasteiger partial charge in [-0.1, -0.05) is 48.0 Å². The fourth-order valence-corrected chi connectivity index (χ4v) is 2.32. The molecule has 5 heteroatoms. The highest BCUT2D eigenvalue weighted by Gasteiger charge is 2.11. The van der Waals surface area contributed by atoms with Crippen LogP contribution in [0.3, 0.4) is 0 Å². The predicted octanol–water partition coefficient (Wildman–Crippen LogP) is 4.97. The van der Waals surface area contributed by atoms with E-state index in [1.54, 1.807) is 12.1 Å². The van der Waals surface area contributed by atoms with Gasteiger partial charge in [-0.2, -0.15) is 0 Å². The van der Waals surface area contributed by atoms with Gasteiger partial charge in [0.25, 0.3) is 5.69 Å². The van der Waals surface area contributed by atoms with Crippen molar-refractivity contribution >= 4 is 40.3 Å². The first-order valence-electron chi connectivity index (χ1n) is 6.61. The molecule has 3 aromatic rings. The molecule has 0 saturated heterocycles. The van der Waals surface area contributed by atoms with E-state index in [9.17, 15) is 10.1 Å². The first kappa shape index (κ1) is 14.2. The molecule has 0 unspecified atom stereocenters. The van der Waals surface area contributed by atoms with Crippen molar-refractivity contribution in [2.45, 2.75) is 0 Å². The number of hydrogen-bond acceptors (Lipinski definition) is 3. The molecule has 0 N–H and O–H groups in total. The molecule has 0 aliphatic rings. The predicted molar refractivity (Wildman–Crippen MR) is 88.8 cm³/mol. The lowest BCUT2D eigenvalue weighted by molar-refractivity contribution is -0.384. The summed E-state index contributed by atoms with van der Waals surface area (Å²) in [6.07, 6.45) is 3.60. The summed E-state index contributed by atoms with van der Waals surface area (Å²) in [7, 11) is 0. The zero-order valence-electron chi connectivity index (χ0n) is 11.4. The third-order valence-electron chi connectivity index (χ3n) is 3.23. The van der Waals surface area contributed by atoms with Gasteiger partial charge < -0.3 is 0 Å². The number of nitro benzene ring substituents is 1. The molecule has 0 saturated carbocycles. The maximum atomic E-state index is 10.9. The van der Waals surface area contributed by atoms with Gasteiger partial charge in [0.05, 0.1) is 16.1 Å². The molecule has 0 aliphatic carbocycles. The van der Waals surface area contributed by atoms with Crippen LogP contribution in [0.1, 0.15) is 11.3 Å². The second kappa shape index (κ2) is 5.95. The number of hydrogen-bond donors (Lipinski definition) is 0. The van der Waals surface area contributed by atoms with E-state index >= 15 is 0 Å². The van der Waals surface area contributed by atoms with Crippen molar-refractivity contribution in [3.8, 4) is 0 Å². The number of pyridine rings is 1. The van der Waals surface area contributed by atoms with Gasteiger partial charge in [-0.05, 0) is 29.8 Å². The smallest absolute Gasteiger partial charge is 0.258 e. The second-order valence-electron chi connectivity index (χ2n) is 4.73. The molecular formula is C17H11ClN2O2. The van der Waals surface area contributed by atoms with Crippen molar-refractivity contribution in [1.29, 1.82) is 0 Å². The first-order valence-corrected chi connectivity index (χ1v) is 6.99. The molecule has 0 atom stereocenters. The summed E-state index contributed by atoms with van der Waals surface area (Å²) >= 11 is 5.80. The lowest BCUT2D eigenvalue weighted by Gasteiger charge is -1.99. The van der Waals surface area contributed by atoms with Gasteiger partial charge in [-0.15, -0.1) is 0 Å². The third kappa shape index (κ3) is 2.97. The number of para-hydroxylation sites is 1. The number of halogens is 1. The Kier molecular flexibility index (Phi) is 3.85. The highest BCUT2D eigenvalue weighted by atomic mass is 35.5. The van der Waals surface area contributed by atoms with Crippen LogP contribution in [0.25, 0.3) is 23.1 Å². The monoisotopic (exact) mass is 310 g/mol. The van der Waals surface area contributed by atoms with Crippen LogP contribution in [-0.4, -0.2) is 9.91 Å². The van der Waals surface area contributed by atoms with Gasteiger partial charge >= 0.3 is 0 Å². The summed E-state index contributed by atoms with van der Waals surface area (Å²) in [4.78, 5) is 14.9. The van der Waals surface area contributed by atoms with Gasteiger partial charge in [-0.3, -0.25) is 10.1 Å². The standard InChI is InChI=1S/C17H11ClN2O2/c18-15-10-6-12(11-17(15)20(21)22)5-8-14-9-7-13-3-1-2-4-16(13)19-14/h1-11H. The van der Waals surface area contributed by atoms with E-state index in [1.165, 1.54) is 12.1 Å². The average molecular weight is 311 g/mol. The highest BCUT2D eigenvalue weighted by molar-refractivity contribution is 6.32. The number of nitro groups is 1. The summed E-state index contributed by atoms with van der Waals surface area (Å²) in [5, 5.41) is 12.1. The van der Waals surface area contributed by atoms with Crippen LogP contribution < -0.4 is 0 Å². The zero-order valence-corrected chi connectivity index (χ0v) is 12.2. The van der Waals surface area contributed by atoms with Crippen LogP contribution in [0.15, 0.2) is 54.6 Å². The van der Waals surface area contributed by atoms with E-state index in [-0.39, 0.29) is 10.7 Å². The SMILES string of the molecule is O=[N+]([O-])c1cc(C=Cc2ccc3ccccc3n2)ccc1Cl. The maximum Gasteiger partial charge on any atom is 0.288 e. The molecule has 0 spiro atoms. The summed E-state index contributed by atoms with van der Waals surface area (Å²) < 4.78 is 0. The number of fused-ring (bicyclic) bond motifs is 1. The van der Waals surface area contributed by atoms with Crippen molar-refractivity contribution in [1.82, 2.24) is 4.98 Å². The Bertz CT molecular complexity index is 891. The van der Waals surface area contributed by atoms with E-state index in [0.29, 0.717) is 5.56 Å². The molecule has 0 amide bonds. The molecule has 0 aliphatic heterocycles. The van der Waals surface area contributed by atoms with E-state index in [1.807, 2.05) is 42.5 Å². The second-order valence-corrected chi connectivity index (χ2v) is 5.14. The number of nitrogens with zero attached hydrogens (tertiary/aromatic N) is 2. The van der Waals surface area contributed by atoms with Gasteiger partial charge in [0.1, 0.15) is 5.02 Å². The molecule has 2 aromatic carbocycles. The first-order chi connectivity index (χ1) is 10.6. The van der Waals surface area contributed by atoms with Crippen LogP contribution >= 0.6 is 11.6 Å². The third-order valence-corrected chi connectivity index (χ3v) is 3.55. The fraction of sp³-hybridized carbons (Fsp3) is 0. The number of aromatic nitrogens is 1. The topological polar surface area (TPSA) is 56.0 Å². The largest absolute Gasteiger partial charge is 0.288 e. The minimum atomic E-state index is -0.492. The van der Waals surface area contributed by atoms with Gasteiger partial charge in [-0.25, -0.2) is 4.98 Å². The van der Waals surface area contributed by atoms with E-state index in [0.717, 1.165) is 16.6 Å². The molecule has 0 radical (unpaired) electrons. The van der Waals surface area contributed by atoms with E-state index in [2.05, 4.69) is 4.98 Å². The molecule has 0 bridgehead atoms. The van der Waals surface area contributed by atoms with Gasteiger partial charge in [0, 0.05) is 11.5 Å². The van der Waals surface area contributed by atoms with Crippen LogP contribution in [0.5, 0.6) is 0 Å². The van der Waals surface area contributed by atoms with Crippen molar-refractivity contribution in [2.24, 2.45) is 0 Å². The lowest BCUT2D eigenvalue weighted by Crippen LogP contribution is -1.89. The normalized spacial score (nSPS) is 11.1. The molecule has 3 rings (SSSR count). The minimum absolute atomic E-state index is 0.102. The van der Waals surface area contributed by atoms with Crippen LogP contribution in [-0.2, 0) is 0 Å². The Labute approximate surface area is 131 Å². The van der Waals surface area contributed by atoms with Crippen molar-refractivity contribution in [2.75, 3.05) is 0 Å². The Hall–Kier alpha value is -2.72. The number of rotatable bonds is 3. The summed E-state index contributed by atoms with van der Waals surface area (Å²) in [5.74, 6) is 0. The molecule has 4 nitrogen and oxygen atoms in total. The minimum Gasteiger partial charge on any atom is -0.258 e. The number of benzene rings is 2. The molecular weight excluding hydrogens is 300 g/mol. The molecule has 108 valence electrons. The average Bonchev–Trinajstić information content (AvgIpc) is 2.53. The Morgan fingerprint density at radius 3 is 2.68 bits per heavy atom. The van der Waals surface area contributed by atoms with Gasteiger partial charge in [0.15, 0.2) is 0 Å². The maximum absolute atomic E-state index is 10.9. The zero-order chi connectivity index (χ0) is 15.5. The molecule has 1 heterocycles. The van der Waals surface area contributed by atoms with Crippen molar-refractivity contribution in [3.05, 3.63) is 81.0 Å². The Morgan fingerprint density at radius 1 is 1.05 bits per heavy atom. The highest BCUT2D eigenvalue weighted by Crippen LogP contribution is 2.26. The van der Waals surface area contributed by atoms with Crippen molar-refractivity contribution in [3.63, 3.8) is 0 Å². The molecule has 22 heavy (non-hydrogen) atoms.